The van der Waals surface area contributed by atoms with Crippen molar-refractivity contribution in [1.29, 1.82) is 0 Å². The lowest BCUT2D eigenvalue weighted by atomic mass is 10.2. The van der Waals surface area contributed by atoms with Gasteiger partial charge in [0.05, 0.1) is 78.6 Å². The largest absolute Gasteiger partial charge is 0.476 e. The Morgan fingerprint density at radius 2 is 1.16 bits per heavy atom. The molecule has 1 fully saturated rings. The molecule has 0 amide bonds. The SMILES string of the molecule is C=COCOCC(O)COCC(COCC(O)COCOc1ccc([NH+]2CCOCC2)cc1)OCC(O)COCOC=C. The van der Waals surface area contributed by atoms with Gasteiger partial charge in [0.2, 0.25) is 0 Å². The molecule has 1 aliphatic heterocycles. The van der Waals surface area contributed by atoms with E-state index < -0.39 is 24.4 Å². The Morgan fingerprint density at radius 3 is 1.70 bits per heavy atom. The van der Waals surface area contributed by atoms with Crippen molar-refractivity contribution in [3.63, 3.8) is 0 Å². The summed E-state index contributed by atoms with van der Waals surface area (Å²) in [4.78, 5) is 1.38. The number of hydrogen-bond donors (Lipinski definition) is 4. The molecule has 0 radical (unpaired) electrons. The first-order valence-corrected chi connectivity index (χ1v) is 14.2. The molecular weight excluding hydrogens is 570 g/mol. The Hall–Kier alpha value is -2.34. The number of benzene rings is 1. The lowest BCUT2D eigenvalue weighted by Gasteiger charge is -2.23. The third-order valence-electron chi connectivity index (χ3n) is 5.89. The average Bonchev–Trinajstić information content (AvgIpc) is 3.03. The molecule has 1 aromatic rings. The van der Waals surface area contributed by atoms with Crippen LogP contribution >= 0.6 is 0 Å². The second-order valence-electron chi connectivity index (χ2n) is 9.51. The van der Waals surface area contributed by atoms with E-state index in [4.69, 9.17) is 47.4 Å². The van der Waals surface area contributed by atoms with Crippen LogP contribution in [0.5, 0.6) is 5.75 Å². The lowest BCUT2D eigenvalue weighted by molar-refractivity contribution is -0.842. The van der Waals surface area contributed by atoms with E-state index in [1.165, 1.54) is 23.1 Å². The highest BCUT2D eigenvalue weighted by atomic mass is 16.7. The van der Waals surface area contributed by atoms with E-state index in [-0.39, 0.29) is 73.2 Å². The molecule has 14 nitrogen and oxygen atoms in total. The van der Waals surface area contributed by atoms with Gasteiger partial charge < -0.3 is 62.7 Å². The molecule has 1 heterocycles. The number of ether oxygens (including phenoxy) is 10. The second kappa shape index (κ2) is 24.0. The van der Waals surface area contributed by atoms with Crippen molar-refractivity contribution in [2.45, 2.75) is 24.4 Å². The molecule has 0 aromatic heterocycles. The quantitative estimate of drug-likeness (QED) is 0.0561. The molecule has 2 rings (SSSR count). The number of rotatable bonds is 27. The fourth-order valence-corrected chi connectivity index (χ4v) is 3.75. The van der Waals surface area contributed by atoms with Crippen LogP contribution in [0.2, 0.25) is 0 Å². The van der Waals surface area contributed by atoms with Crippen molar-refractivity contribution in [1.82, 2.24) is 0 Å². The maximum absolute atomic E-state index is 10.2. The predicted octanol–water partition coefficient (Wildman–Crippen LogP) is -0.644. The van der Waals surface area contributed by atoms with Crippen LogP contribution in [0, 0.1) is 0 Å². The summed E-state index contributed by atoms with van der Waals surface area (Å²) in [6.45, 7) is 10.1. The van der Waals surface area contributed by atoms with Crippen LogP contribution in [0.25, 0.3) is 0 Å². The van der Waals surface area contributed by atoms with Crippen molar-refractivity contribution < 1.29 is 67.6 Å². The minimum Gasteiger partial charge on any atom is -0.476 e. The van der Waals surface area contributed by atoms with Crippen LogP contribution in [0.4, 0.5) is 5.69 Å². The monoisotopic (exact) mass is 618 g/mol. The molecule has 43 heavy (non-hydrogen) atoms. The van der Waals surface area contributed by atoms with Gasteiger partial charge in [-0.05, 0) is 12.1 Å². The molecule has 4 atom stereocenters. The lowest BCUT2D eigenvalue weighted by Crippen LogP contribution is -3.09. The average molecular weight is 619 g/mol. The number of nitrogens with one attached hydrogen (secondary N) is 1. The van der Waals surface area contributed by atoms with Crippen LogP contribution in [0.3, 0.4) is 0 Å². The highest BCUT2D eigenvalue weighted by Crippen LogP contribution is 2.13. The van der Waals surface area contributed by atoms with E-state index in [9.17, 15) is 15.3 Å². The molecular formula is C29H48NO13+. The van der Waals surface area contributed by atoms with Crippen LogP contribution in [-0.4, -0.2) is 139 Å². The molecule has 14 heteroatoms. The van der Waals surface area contributed by atoms with Gasteiger partial charge >= 0.3 is 0 Å². The highest BCUT2D eigenvalue weighted by Gasteiger charge is 2.17. The Labute approximate surface area is 253 Å². The third kappa shape index (κ3) is 18.2. The molecule has 0 aliphatic carbocycles. The number of aliphatic hydroxyl groups excluding tert-OH is 3. The summed E-state index contributed by atoms with van der Waals surface area (Å²) in [5.74, 6) is 0.671. The summed E-state index contributed by atoms with van der Waals surface area (Å²) < 4.78 is 53.2. The van der Waals surface area contributed by atoms with Crippen LogP contribution in [0.15, 0.2) is 49.9 Å². The molecule has 0 spiro atoms. The zero-order valence-electron chi connectivity index (χ0n) is 24.7. The Morgan fingerprint density at radius 1 is 0.674 bits per heavy atom. The fraction of sp³-hybridized carbons (Fsp3) is 0.655. The summed E-state index contributed by atoms with van der Waals surface area (Å²) in [5, 5.41) is 30.3. The molecule has 0 saturated carbocycles. The minimum absolute atomic E-state index is 0.00261. The Balaban J connectivity index is 1.64. The second-order valence-corrected chi connectivity index (χ2v) is 9.51. The van der Waals surface area contributed by atoms with Crippen molar-refractivity contribution in [3.8, 4) is 5.75 Å². The van der Waals surface area contributed by atoms with E-state index in [1.54, 1.807) is 0 Å². The topological polar surface area (TPSA) is 157 Å². The van der Waals surface area contributed by atoms with Gasteiger partial charge in [0, 0.05) is 12.1 Å². The van der Waals surface area contributed by atoms with Gasteiger partial charge in [-0.15, -0.1) is 0 Å². The van der Waals surface area contributed by atoms with Crippen molar-refractivity contribution in [3.05, 3.63) is 49.9 Å². The fourth-order valence-electron chi connectivity index (χ4n) is 3.75. The summed E-state index contributed by atoms with van der Waals surface area (Å²) in [6, 6.07) is 7.84. The normalized spacial score (nSPS) is 16.6. The summed E-state index contributed by atoms with van der Waals surface area (Å²) in [6.07, 6.45) is -0.841. The number of hydrogen-bond acceptors (Lipinski definition) is 13. The maximum atomic E-state index is 10.2. The first-order chi connectivity index (χ1) is 21.0. The predicted molar refractivity (Wildman–Crippen MR) is 153 cm³/mol. The smallest absolute Gasteiger partial charge is 0.189 e. The molecule has 1 aliphatic rings. The van der Waals surface area contributed by atoms with Gasteiger partial charge in [0.1, 0.15) is 48.9 Å². The summed E-state index contributed by atoms with van der Waals surface area (Å²) in [5.41, 5.74) is 1.19. The van der Waals surface area contributed by atoms with Gasteiger partial charge in [-0.1, -0.05) is 13.2 Å². The van der Waals surface area contributed by atoms with E-state index in [1.807, 2.05) is 24.3 Å². The van der Waals surface area contributed by atoms with E-state index in [0.29, 0.717) is 5.75 Å². The number of aliphatic hydroxyl groups is 3. The Kier molecular flexibility index (Phi) is 20.6. The van der Waals surface area contributed by atoms with Crippen LogP contribution in [-0.2, 0) is 42.6 Å². The number of quaternary nitrogens is 1. The van der Waals surface area contributed by atoms with Crippen molar-refractivity contribution in [2.24, 2.45) is 0 Å². The van der Waals surface area contributed by atoms with Gasteiger partial charge in [-0.2, -0.15) is 0 Å². The zero-order chi connectivity index (χ0) is 31.0. The standard InChI is InChI=1S/C29H47NO13/c1-3-34-21-39-15-25(31)13-37-19-29(42-18-27(33)17-40-22-35-4-2)20-38-14-26(32)16-41-23-43-28-7-5-24(6-8-28)30-9-11-36-12-10-30/h3-8,25-27,29,31-33H,1-2,9-23H2/p+1. The molecule has 1 saturated heterocycles. The van der Waals surface area contributed by atoms with Crippen LogP contribution < -0.4 is 9.64 Å². The molecule has 4 unspecified atom stereocenters. The van der Waals surface area contributed by atoms with Gasteiger partial charge in [-0.3, -0.25) is 4.90 Å². The zero-order valence-corrected chi connectivity index (χ0v) is 24.7. The maximum Gasteiger partial charge on any atom is 0.189 e. The van der Waals surface area contributed by atoms with Gasteiger partial charge in [0.25, 0.3) is 0 Å². The molecule has 246 valence electrons. The van der Waals surface area contributed by atoms with E-state index >= 15 is 0 Å². The first-order valence-electron chi connectivity index (χ1n) is 14.2. The third-order valence-corrected chi connectivity index (χ3v) is 5.89. The summed E-state index contributed by atoms with van der Waals surface area (Å²) in [7, 11) is 0. The molecule has 4 N–H and O–H groups in total. The first kappa shape index (κ1) is 36.8. The summed E-state index contributed by atoms with van der Waals surface area (Å²) >= 11 is 0. The number of morpholine rings is 1. The molecule has 1 aromatic carbocycles. The highest BCUT2D eigenvalue weighted by molar-refractivity contribution is 5.35. The van der Waals surface area contributed by atoms with E-state index in [0.717, 1.165) is 26.3 Å². The van der Waals surface area contributed by atoms with Gasteiger partial charge in [-0.25, -0.2) is 0 Å². The van der Waals surface area contributed by atoms with Crippen LogP contribution in [0.1, 0.15) is 0 Å². The molecule has 0 bridgehead atoms. The van der Waals surface area contributed by atoms with E-state index in [2.05, 4.69) is 13.2 Å². The minimum atomic E-state index is -0.921. The Bertz CT molecular complexity index is 825. The van der Waals surface area contributed by atoms with Crippen molar-refractivity contribution >= 4 is 5.69 Å². The van der Waals surface area contributed by atoms with Gasteiger partial charge in [0.15, 0.2) is 20.4 Å². The van der Waals surface area contributed by atoms with Crippen molar-refractivity contribution in [2.75, 3.05) is 99.5 Å².